The predicted molar refractivity (Wildman–Crippen MR) is 70.3 cm³/mol. The molecule has 2 heterocycles. The monoisotopic (exact) mass is 252 g/mol. The molecule has 1 aliphatic heterocycles. The lowest BCUT2D eigenvalue weighted by Crippen LogP contribution is -2.20. The Balaban J connectivity index is 2.12. The van der Waals surface area contributed by atoms with Crippen molar-refractivity contribution >= 4 is 11.5 Å². The smallest absolute Gasteiger partial charge is 0.173 e. The molecule has 0 fully saturated rings. The molecule has 94 valence electrons. The molecule has 0 radical (unpaired) electrons. The van der Waals surface area contributed by atoms with Crippen LogP contribution in [0.3, 0.4) is 0 Å². The SMILES string of the molecule is N#Cc1ccnnc1N1CCCOc2ccccc21. The van der Waals surface area contributed by atoms with Crippen molar-refractivity contribution in [3.63, 3.8) is 0 Å². The number of nitriles is 1. The lowest BCUT2D eigenvalue weighted by Gasteiger charge is -2.22. The van der Waals surface area contributed by atoms with Crippen LogP contribution >= 0.6 is 0 Å². The number of fused-ring (bicyclic) bond motifs is 1. The van der Waals surface area contributed by atoms with Gasteiger partial charge in [-0.3, -0.25) is 0 Å². The van der Waals surface area contributed by atoms with Gasteiger partial charge in [-0.1, -0.05) is 12.1 Å². The van der Waals surface area contributed by atoms with E-state index in [1.54, 1.807) is 6.07 Å². The number of anilines is 2. The van der Waals surface area contributed by atoms with Crippen molar-refractivity contribution in [2.45, 2.75) is 6.42 Å². The van der Waals surface area contributed by atoms with Gasteiger partial charge in [-0.05, 0) is 24.6 Å². The molecule has 3 rings (SSSR count). The summed E-state index contributed by atoms with van der Waals surface area (Å²) in [7, 11) is 0. The summed E-state index contributed by atoms with van der Waals surface area (Å²) in [5, 5.41) is 17.2. The first-order valence-corrected chi connectivity index (χ1v) is 6.11. The van der Waals surface area contributed by atoms with Gasteiger partial charge in [0.05, 0.1) is 24.1 Å². The normalized spacial score (nSPS) is 13.9. The minimum absolute atomic E-state index is 0.520. The molecule has 5 heteroatoms. The molecule has 1 aliphatic rings. The molecule has 0 saturated carbocycles. The molecular weight excluding hydrogens is 240 g/mol. The van der Waals surface area contributed by atoms with Crippen LogP contribution in [-0.4, -0.2) is 23.3 Å². The predicted octanol–water partition coefficient (Wildman–Crippen LogP) is 2.27. The first-order chi connectivity index (χ1) is 9.40. The van der Waals surface area contributed by atoms with Gasteiger partial charge >= 0.3 is 0 Å². The first-order valence-electron chi connectivity index (χ1n) is 6.11. The molecule has 0 bridgehead atoms. The third-order valence-electron chi connectivity index (χ3n) is 3.02. The topological polar surface area (TPSA) is 62.0 Å². The fourth-order valence-corrected chi connectivity index (χ4v) is 2.16. The van der Waals surface area contributed by atoms with Crippen molar-refractivity contribution in [3.8, 4) is 11.8 Å². The van der Waals surface area contributed by atoms with Crippen molar-refractivity contribution < 1.29 is 4.74 Å². The van der Waals surface area contributed by atoms with Gasteiger partial charge in [-0.2, -0.15) is 10.4 Å². The third kappa shape index (κ3) is 2.08. The minimum Gasteiger partial charge on any atom is -0.491 e. The zero-order chi connectivity index (χ0) is 13.1. The lowest BCUT2D eigenvalue weighted by molar-refractivity contribution is 0.322. The van der Waals surface area contributed by atoms with Gasteiger partial charge in [0.15, 0.2) is 5.82 Å². The number of hydrogen-bond donors (Lipinski definition) is 0. The van der Waals surface area contributed by atoms with Crippen LogP contribution in [0.4, 0.5) is 11.5 Å². The van der Waals surface area contributed by atoms with Crippen LogP contribution in [0.5, 0.6) is 5.75 Å². The zero-order valence-corrected chi connectivity index (χ0v) is 10.3. The van der Waals surface area contributed by atoms with E-state index in [2.05, 4.69) is 16.3 Å². The fourth-order valence-electron chi connectivity index (χ4n) is 2.16. The molecule has 1 aromatic carbocycles. The highest BCUT2D eigenvalue weighted by Crippen LogP contribution is 2.35. The van der Waals surface area contributed by atoms with Gasteiger partial charge in [0.25, 0.3) is 0 Å². The Labute approximate surface area is 111 Å². The van der Waals surface area contributed by atoms with E-state index in [0.29, 0.717) is 18.0 Å². The molecule has 0 atom stereocenters. The van der Waals surface area contributed by atoms with Crippen molar-refractivity contribution in [2.24, 2.45) is 0 Å². The first kappa shape index (κ1) is 11.5. The maximum absolute atomic E-state index is 9.19. The second kappa shape index (κ2) is 4.94. The van der Waals surface area contributed by atoms with Gasteiger partial charge in [0, 0.05) is 6.54 Å². The van der Waals surface area contributed by atoms with E-state index in [1.165, 1.54) is 6.20 Å². The summed E-state index contributed by atoms with van der Waals surface area (Å²) >= 11 is 0. The molecule has 0 amide bonds. The highest BCUT2D eigenvalue weighted by Gasteiger charge is 2.21. The Morgan fingerprint density at radius 1 is 1.26 bits per heavy atom. The maximum Gasteiger partial charge on any atom is 0.173 e. The molecule has 5 nitrogen and oxygen atoms in total. The highest BCUT2D eigenvalue weighted by molar-refractivity contribution is 5.70. The Hall–Kier alpha value is -2.61. The quantitative estimate of drug-likeness (QED) is 0.779. The Kier molecular flexibility index (Phi) is 2.99. The lowest BCUT2D eigenvalue weighted by atomic mass is 10.2. The van der Waals surface area contributed by atoms with Crippen molar-refractivity contribution in [3.05, 3.63) is 42.1 Å². The van der Waals surface area contributed by atoms with Gasteiger partial charge in [-0.25, -0.2) is 0 Å². The molecule has 0 saturated heterocycles. The summed E-state index contributed by atoms with van der Waals surface area (Å²) in [5.74, 6) is 1.40. The number of para-hydroxylation sites is 2. The third-order valence-corrected chi connectivity index (χ3v) is 3.02. The molecule has 0 spiro atoms. The van der Waals surface area contributed by atoms with Crippen LogP contribution < -0.4 is 9.64 Å². The van der Waals surface area contributed by atoms with Crippen molar-refractivity contribution in [1.29, 1.82) is 5.26 Å². The van der Waals surface area contributed by atoms with Crippen molar-refractivity contribution in [1.82, 2.24) is 10.2 Å². The molecular formula is C14H12N4O. The van der Waals surface area contributed by atoms with Crippen LogP contribution in [-0.2, 0) is 0 Å². The summed E-state index contributed by atoms with van der Waals surface area (Å²) in [6.07, 6.45) is 2.40. The average molecular weight is 252 g/mol. The highest BCUT2D eigenvalue weighted by atomic mass is 16.5. The molecule has 0 aliphatic carbocycles. The van der Waals surface area contributed by atoms with Crippen LogP contribution in [0.15, 0.2) is 36.5 Å². The van der Waals surface area contributed by atoms with Gasteiger partial charge in [0.1, 0.15) is 11.8 Å². The van der Waals surface area contributed by atoms with Crippen LogP contribution in [0.25, 0.3) is 0 Å². The summed E-state index contributed by atoms with van der Waals surface area (Å²) in [5.41, 5.74) is 1.45. The zero-order valence-electron chi connectivity index (χ0n) is 10.3. The van der Waals surface area contributed by atoms with Gasteiger partial charge in [-0.15, -0.1) is 5.10 Å². The summed E-state index contributed by atoms with van der Waals surface area (Å²) in [6.45, 7) is 1.42. The number of rotatable bonds is 1. The summed E-state index contributed by atoms with van der Waals surface area (Å²) in [4.78, 5) is 1.99. The molecule has 19 heavy (non-hydrogen) atoms. The number of benzene rings is 1. The number of nitrogens with zero attached hydrogens (tertiary/aromatic N) is 4. The minimum atomic E-state index is 0.520. The number of aromatic nitrogens is 2. The average Bonchev–Trinajstić information content (AvgIpc) is 2.69. The van der Waals surface area contributed by atoms with Crippen molar-refractivity contribution in [2.75, 3.05) is 18.1 Å². The Bertz CT molecular complexity index is 635. The molecule has 1 aromatic heterocycles. The standard InChI is InChI=1S/C14H12N4O/c15-10-11-6-7-16-17-14(11)18-8-3-9-19-13-5-2-1-4-12(13)18/h1-2,4-7H,3,8-9H2. The fraction of sp³-hybridized carbons (Fsp3) is 0.214. The summed E-state index contributed by atoms with van der Waals surface area (Å²) in [6, 6.07) is 11.6. The van der Waals surface area contributed by atoms with E-state index in [1.807, 2.05) is 29.2 Å². The van der Waals surface area contributed by atoms with E-state index in [0.717, 1.165) is 24.4 Å². The van der Waals surface area contributed by atoms with Crippen LogP contribution in [0, 0.1) is 11.3 Å². The largest absolute Gasteiger partial charge is 0.491 e. The van der Waals surface area contributed by atoms with E-state index in [-0.39, 0.29) is 0 Å². The van der Waals surface area contributed by atoms with E-state index in [9.17, 15) is 5.26 Å². The number of ether oxygens (including phenoxy) is 1. The van der Waals surface area contributed by atoms with Gasteiger partial charge in [0.2, 0.25) is 0 Å². The van der Waals surface area contributed by atoms with Gasteiger partial charge < -0.3 is 9.64 Å². The van der Waals surface area contributed by atoms with E-state index >= 15 is 0 Å². The Morgan fingerprint density at radius 3 is 3.05 bits per heavy atom. The van der Waals surface area contributed by atoms with Crippen LogP contribution in [0.1, 0.15) is 12.0 Å². The molecule has 0 N–H and O–H groups in total. The van der Waals surface area contributed by atoms with Crippen LogP contribution in [0.2, 0.25) is 0 Å². The summed E-state index contributed by atoms with van der Waals surface area (Å²) < 4.78 is 5.70. The Morgan fingerprint density at radius 2 is 2.16 bits per heavy atom. The second-order valence-electron chi connectivity index (χ2n) is 4.20. The molecule has 0 unspecified atom stereocenters. The number of hydrogen-bond acceptors (Lipinski definition) is 5. The second-order valence-corrected chi connectivity index (χ2v) is 4.20. The molecule has 2 aromatic rings. The van der Waals surface area contributed by atoms with E-state index < -0.39 is 0 Å². The maximum atomic E-state index is 9.19. The van der Waals surface area contributed by atoms with E-state index in [4.69, 9.17) is 4.74 Å².